The molecule has 0 aromatic rings. The highest BCUT2D eigenvalue weighted by molar-refractivity contribution is 6.38. The molecule has 0 spiro atoms. The van der Waals surface area contributed by atoms with E-state index in [0.29, 0.717) is 0 Å². The number of rotatable bonds is 4. The minimum absolute atomic E-state index is 0.835. The van der Waals surface area contributed by atoms with Gasteiger partial charge < -0.3 is 0 Å². The summed E-state index contributed by atoms with van der Waals surface area (Å²) in [6.45, 7) is 0.982. The molecule has 0 aromatic heterocycles. The molecule has 0 N–H and O–H groups in total. The SMILES string of the molecule is CC(=O)C(=O)C(N=C=O)N=C=O. The fourth-order valence-electron chi connectivity index (χ4n) is 0.428. The van der Waals surface area contributed by atoms with E-state index in [1.165, 1.54) is 0 Å². The van der Waals surface area contributed by atoms with Crippen LogP contribution in [-0.4, -0.2) is 29.9 Å². The van der Waals surface area contributed by atoms with Crippen molar-refractivity contribution in [1.82, 2.24) is 0 Å². The van der Waals surface area contributed by atoms with Crippen LogP contribution in [0, 0.1) is 0 Å². The fraction of sp³-hybridized carbons (Fsp3) is 0.333. The molecule has 6 nitrogen and oxygen atoms in total. The molecule has 0 atom stereocenters. The second kappa shape index (κ2) is 4.85. The number of nitrogens with zero attached hydrogens (tertiary/aromatic N) is 2. The van der Waals surface area contributed by atoms with E-state index in [1.54, 1.807) is 0 Å². The average molecular weight is 168 g/mol. The van der Waals surface area contributed by atoms with Gasteiger partial charge in [0.05, 0.1) is 0 Å². The highest BCUT2D eigenvalue weighted by atomic mass is 16.2. The Bertz CT molecular complexity index is 279. The first-order valence-corrected chi connectivity index (χ1v) is 2.82. The fourth-order valence-corrected chi connectivity index (χ4v) is 0.428. The van der Waals surface area contributed by atoms with Crippen LogP contribution in [0.1, 0.15) is 6.92 Å². The molecule has 62 valence electrons. The second-order valence-corrected chi connectivity index (χ2v) is 1.73. The van der Waals surface area contributed by atoms with Crippen molar-refractivity contribution in [2.24, 2.45) is 9.98 Å². The number of carbonyl (C=O) groups excluding carboxylic acids is 4. The maximum absolute atomic E-state index is 10.7. The third kappa shape index (κ3) is 2.79. The van der Waals surface area contributed by atoms with Crippen molar-refractivity contribution < 1.29 is 19.2 Å². The molecular weight excluding hydrogens is 164 g/mol. The Morgan fingerprint density at radius 2 is 1.58 bits per heavy atom. The number of hydrogen-bond donors (Lipinski definition) is 0. The maximum Gasteiger partial charge on any atom is 0.246 e. The Labute approximate surface area is 67.0 Å². The van der Waals surface area contributed by atoms with Gasteiger partial charge in [0.15, 0.2) is 5.78 Å². The summed E-state index contributed by atoms with van der Waals surface area (Å²) in [5.41, 5.74) is 0. The number of ketones is 2. The number of hydrogen-bond acceptors (Lipinski definition) is 6. The zero-order valence-electron chi connectivity index (χ0n) is 6.10. The Morgan fingerprint density at radius 1 is 1.17 bits per heavy atom. The van der Waals surface area contributed by atoms with Crippen LogP contribution in [0.5, 0.6) is 0 Å². The van der Waals surface area contributed by atoms with Crippen molar-refractivity contribution in [3.63, 3.8) is 0 Å². The van der Waals surface area contributed by atoms with Gasteiger partial charge >= 0.3 is 0 Å². The monoisotopic (exact) mass is 168 g/mol. The Kier molecular flexibility index (Phi) is 4.08. The van der Waals surface area contributed by atoms with Gasteiger partial charge in [-0.25, -0.2) is 9.59 Å². The van der Waals surface area contributed by atoms with Crippen molar-refractivity contribution in [3.05, 3.63) is 0 Å². The standard InChI is InChI=1S/C6H4N2O4/c1-4(11)5(12)6(7-2-9)8-3-10/h6H,1H3. The van der Waals surface area contributed by atoms with Crippen LogP contribution in [0.15, 0.2) is 9.98 Å². The summed E-state index contributed by atoms with van der Waals surface area (Å²) in [5.74, 6) is -1.88. The molecule has 6 heteroatoms. The number of isocyanates is 2. The summed E-state index contributed by atoms with van der Waals surface area (Å²) < 4.78 is 0. The Balaban J connectivity index is 4.73. The molecule has 0 unspecified atom stereocenters. The van der Waals surface area contributed by atoms with Gasteiger partial charge in [0.1, 0.15) is 0 Å². The van der Waals surface area contributed by atoms with Crippen LogP contribution in [0.4, 0.5) is 0 Å². The summed E-state index contributed by atoms with van der Waals surface area (Å²) in [7, 11) is 0. The summed E-state index contributed by atoms with van der Waals surface area (Å²) >= 11 is 0. The maximum atomic E-state index is 10.7. The predicted molar refractivity (Wildman–Crippen MR) is 35.7 cm³/mol. The minimum atomic E-state index is -1.61. The third-order valence-electron chi connectivity index (χ3n) is 0.931. The van der Waals surface area contributed by atoms with Gasteiger partial charge in [0, 0.05) is 6.92 Å². The summed E-state index contributed by atoms with van der Waals surface area (Å²) in [6, 6.07) is 0. The van der Waals surface area contributed by atoms with Crippen LogP contribution in [-0.2, 0) is 19.2 Å². The van der Waals surface area contributed by atoms with Crippen LogP contribution in [0.2, 0.25) is 0 Å². The highest BCUT2D eigenvalue weighted by Crippen LogP contribution is 1.94. The molecule has 12 heavy (non-hydrogen) atoms. The van der Waals surface area contributed by atoms with Crippen molar-refractivity contribution >= 4 is 23.7 Å². The van der Waals surface area contributed by atoms with Gasteiger partial charge in [-0.1, -0.05) is 0 Å². The van der Waals surface area contributed by atoms with Crippen molar-refractivity contribution in [1.29, 1.82) is 0 Å². The summed E-state index contributed by atoms with van der Waals surface area (Å²) in [4.78, 5) is 46.1. The summed E-state index contributed by atoms with van der Waals surface area (Å²) in [5, 5.41) is 0. The molecule has 0 amide bonds. The molecule has 0 saturated heterocycles. The number of carbonyl (C=O) groups is 2. The highest BCUT2D eigenvalue weighted by Gasteiger charge is 2.20. The Hall–Kier alpha value is -1.90. The lowest BCUT2D eigenvalue weighted by Gasteiger charge is -1.95. The van der Waals surface area contributed by atoms with E-state index in [-0.39, 0.29) is 0 Å². The van der Waals surface area contributed by atoms with E-state index in [0.717, 1.165) is 19.1 Å². The zero-order valence-corrected chi connectivity index (χ0v) is 6.10. The van der Waals surface area contributed by atoms with Gasteiger partial charge in [-0.2, -0.15) is 9.98 Å². The third-order valence-corrected chi connectivity index (χ3v) is 0.931. The smallest absolute Gasteiger partial charge is 0.246 e. The quantitative estimate of drug-likeness (QED) is 0.310. The van der Waals surface area contributed by atoms with E-state index in [4.69, 9.17) is 0 Å². The average Bonchev–Trinajstić information content (AvgIpc) is 2.03. The van der Waals surface area contributed by atoms with E-state index >= 15 is 0 Å². The first kappa shape index (κ1) is 10.1. The van der Waals surface area contributed by atoms with E-state index in [2.05, 4.69) is 9.98 Å². The lowest BCUT2D eigenvalue weighted by molar-refractivity contribution is -0.135. The van der Waals surface area contributed by atoms with Crippen LogP contribution in [0.25, 0.3) is 0 Å². The largest absolute Gasteiger partial charge is 0.291 e. The minimum Gasteiger partial charge on any atom is -0.291 e. The molecule has 0 aliphatic heterocycles. The van der Waals surface area contributed by atoms with Crippen molar-refractivity contribution in [2.75, 3.05) is 0 Å². The molecule has 0 rings (SSSR count). The lowest BCUT2D eigenvalue weighted by atomic mass is 10.2. The first-order valence-electron chi connectivity index (χ1n) is 2.82. The van der Waals surface area contributed by atoms with Crippen molar-refractivity contribution in [3.8, 4) is 0 Å². The van der Waals surface area contributed by atoms with Crippen LogP contribution >= 0.6 is 0 Å². The van der Waals surface area contributed by atoms with Crippen LogP contribution < -0.4 is 0 Å². The van der Waals surface area contributed by atoms with Gasteiger partial charge in [-0.3, -0.25) is 9.59 Å². The van der Waals surface area contributed by atoms with E-state index in [1.807, 2.05) is 0 Å². The molecule has 0 saturated carbocycles. The van der Waals surface area contributed by atoms with Crippen LogP contribution in [0.3, 0.4) is 0 Å². The normalized spacial score (nSPS) is 10.4. The molecule has 0 fully saturated rings. The molecule has 0 aliphatic carbocycles. The zero-order chi connectivity index (χ0) is 9.56. The molecule has 0 heterocycles. The van der Waals surface area contributed by atoms with Gasteiger partial charge in [-0.15, -0.1) is 0 Å². The lowest BCUT2D eigenvalue weighted by Crippen LogP contribution is -2.23. The summed E-state index contributed by atoms with van der Waals surface area (Å²) in [6.07, 6.45) is 0.422. The topological polar surface area (TPSA) is 93.0 Å². The van der Waals surface area contributed by atoms with Gasteiger partial charge in [0.2, 0.25) is 24.1 Å². The predicted octanol–water partition coefficient (Wildman–Crippen LogP) is -0.858. The van der Waals surface area contributed by atoms with Gasteiger partial charge in [0.25, 0.3) is 0 Å². The van der Waals surface area contributed by atoms with Crippen molar-refractivity contribution in [2.45, 2.75) is 13.1 Å². The molecule has 0 aromatic carbocycles. The Morgan fingerprint density at radius 3 is 1.83 bits per heavy atom. The molecule has 0 aliphatic rings. The molecular formula is C6H4N2O4. The van der Waals surface area contributed by atoms with E-state index < -0.39 is 17.7 Å². The first-order chi connectivity index (χ1) is 5.63. The molecule has 0 radical (unpaired) electrons. The number of Topliss-reactive ketones (excluding diaryl/α,β-unsaturated/α-hetero) is 2. The van der Waals surface area contributed by atoms with Gasteiger partial charge in [-0.05, 0) is 0 Å². The van der Waals surface area contributed by atoms with E-state index in [9.17, 15) is 19.2 Å². The number of aliphatic imine (C=N–C) groups is 2. The molecule has 0 bridgehead atoms. The second-order valence-electron chi connectivity index (χ2n) is 1.73.